The molecule has 0 heterocycles. The van der Waals surface area contributed by atoms with Gasteiger partial charge in [-0.15, -0.1) is 0 Å². The van der Waals surface area contributed by atoms with Gasteiger partial charge in [-0.3, -0.25) is 5.01 Å². The van der Waals surface area contributed by atoms with Crippen molar-refractivity contribution in [3.8, 4) is 0 Å². The van der Waals surface area contributed by atoms with E-state index in [-0.39, 0.29) is 6.17 Å². The fourth-order valence-corrected chi connectivity index (χ4v) is 1.02. The van der Waals surface area contributed by atoms with Crippen LogP contribution in [0.15, 0.2) is 24.3 Å². The first-order chi connectivity index (χ1) is 5.61. The maximum absolute atomic E-state index is 5.72. The summed E-state index contributed by atoms with van der Waals surface area (Å²) in [6.07, 6.45) is -0.160. The number of hydrogen-bond donors (Lipinski definition) is 2. The van der Waals surface area contributed by atoms with E-state index in [4.69, 9.17) is 11.6 Å². The van der Waals surface area contributed by atoms with Gasteiger partial charge in [0, 0.05) is 0 Å². The Balaban J connectivity index is 2.88. The van der Waals surface area contributed by atoms with Crippen LogP contribution in [0.5, 0.6) is 0 Å². The molecule has 0 radical (unpaired) electrons. The van der Waals surface area contributed by atoms with Crippen LogP contribution in [0.4, 0.5) is 5.69 Å². The lowest BCUT2D eigenvalue weighted by Gasteiger charge is -2.22. The largest absolute Gasteiger partial charge is 0.310 e. The van der Waals surface area contributed by atoms with Crippen LogP contribution in [-0.2, 0) is 0 Å². The molecule has 0 spiro atoms. The number of aryl methyl sites for hydroxylation is 1. The smallest absolute Gasteiger partial charge is 0.0892 e. The number of hydrogen-bond acceptors (Lipinski definition) is 3. The van der Waals surface area contributed by atoms with Crippen molar-refractivity contribution >= 4 is 5.69 Å². The predicted molar refractivity (Wildman–Crippen MR) is 51.5 cm³/mol. The molecule has 0 fully saturated rings. The van der Waals surface area contributed by atoms with Gasteiger partial charge in [0.15, 0.2) is 0 Å². The predicted octanol–water partition coefficient (Wildman–Crippen LogP) is 0.980. The van der Waals surface area contributed by atoms with Gasteiger partial charge in [0.05, 0.1) is 11.9 Å². The Bertz CT molecular complexity index is 258. The van der Waals surface area contributed by atoms with E-state index in [1.165, 1.54) is 5.56 Å². The third-order valence-electron chi connectivity index (χ3n) is 1.74. The summed E-state index contributed by atoms with van der Waals surface area (Å²) in [5.74, 6) is 5.72. The summed E-state index contributed by atoms with van der Waals surface area (Å²) in [5, 5.41) is 1.55. The van der Waals surface area contributed by atoms with Gasteiger partial charge in [0.1, 0.15) is 0 Å². The molecule has 0 aliphatic heterocycles. The average molecular weight is 165 g/mol. The minimum absolute atomic E-state index is 0.160. The first-order valence-corrected chi connectivity index (χ1v) is 3.97. The van der Waals surface area contributed by atoms with Crippen LogP contribution in [0.2, 0.25) is 0 Å². The maximum atomic E-state index is 5.72. The van der Waals surface area contributed by atoms with Crippen LogP contribution in [0.3, 0.4) is 0 Å². The summed E-state index contributed by atoms with van der Waals surface area (Å²) in [6, 6.07) is 7.94. The molecular weight excluding hydrogens is 150 g/mol. The SMILES string of the molecule is Cc1cccc(N(N)C(C)N)c1. The molecule has 0 aromatic heterocycles. The van der Waals surface area contributed by atoms with Crippen molar-refractivity contribution in [3.63, 3.8) is 0 Å². The summed E-state index contributed by atoms with van der Waals surface area (Å²) in [6.45, 7) is 3.88. The molecule has 1 aromatic carbocycles. The third-order valence-corrected chi connectivity index (χ3v) is 1.74. The number of nitrogens with two attached hydrogens (primary N) is 2. The number of nitrogens with zero attached hydrogens (tertiary/aromatic N) is 1. The average Bonchev–Trinajstić information content (AvgIpc) is 2.03. The standard InChI is InChI=1S/C9H15N3/c1-7-4-3-5-9(6-7)12(11)8(2)10/h3-6,8H,10-11H2,1-2H3. The number of benzene rings is 1. The molecule has 0 bridgehead atoms. The molecule has 0 saturated heterocycles. The molecular formula is C9H15N3. The molecule has 3 nitrogen and oxygen atoms in total. The molecule has 1 atom stereocenters. The number of rotatable bonds is 2. The maximum Gasteiger partial charge on any atom is 0.0892 e. The van der Waals surface area contributed by atoms with Crippen molar-refractivity contribution in [1.29, 1.82) is 0 Å². The second-order valence-corrected chi connectivity index (χ2v) is 2.99. The number of hydrazine groups is 1. The minimum Gasteiger partial charge on any atom is -0.310 e. The fraction of sp³-hybridized carbons (Fsp3) is 0.333. The lowest BCUT2D eigenvalue weighted by molar-refractivity contribution is 0.682. The Morgan fingerprint density at radius 2 is 2.08 bits per heavy atom. The van der Waals surface area contributed by atoms with E-state index < -0.39 is 0 Å². The zero-order valence-corrected chi connectivity index (χ0v) is 7.49. The first-order valence-electron chi connectivity index (χ1n) is 3.97. The van der Waals surface area contributed by atoms with Crippen LogP contribution in [-0.4, -0.2) is 6.17 Å². The quantitative estimate of drug-likeness (QED) is 0.390. The normalized spacial score (nSPS) is 12.7. The van der Waals surface area contributed by atoms with Crippen LogP contribution < -0.4 is 16.6 Å². The lowest BCUT2D eigenvalue weighted by atomic mass is 10.2. The van der Waals surface area contributed by atoms with Gasteiger partial charge in [-0.2, -0.15) is 0 Å². The highest BCUT2D eigenvalue weighted by molar-refractivity contribution is 5.47. The van der Waals surface area contributed by atoms with E-state index in [1.54, 1.807) is 5.01 Å². The first kappa shape index (κ1) is 9.03. The Morgan fingerprint density at radius 1 is 1.42 bits per heavy atom. The van der Waals surface area contributed by atoms with E-state index in [0.29, 0.717) is 0 Å². The van der Waals surface area contributed by atoms with Gasteiger partial charge in [0.2, 0.25) is 0 Å². The highest BCUT2D eigenvalue weighted by Gasteiger charge is 2.04. The van der Waals surface area contributed by atoms with Crippen LogP contribution in [0.25, 0.3) is 0 Å². The minimum atomic E-state index is -0.160. The van der Waals surface area contributed by atoms with Gasteiger partial charge in [-0.05, 0) is 31.5 Å². The second-order valence-electron chi connectivity index (χ2n) is 2.99. The Kier molecular flexibility index (Phi) is 2.68. The van der Waals surface area contributed by atoms with Crippen LogP contribution >= 0.6 is 0 Å². The third kappa shape index (κ3) is 1.96. The van der Waals surface area contributed by atoms with Gasteiger partial charge < -0.3 is 5.73 Å². The van der Waals surface area contributed by atoms with Gasteiger partial charge in [-0.1, -0.05) is 12.1 Å². The summed E-state index contributed by atoms with van der Waals surface area (Å²) >= 11 is 0. The molecule has 1 unspecified atom stereocenters. The van der Waals surface area contributed by atoms with Crippen molar-refractivity contribution in [2.45, 2.75) is 20.0 Å². The Labute approximate surface area is 72.9 Å². The summed E-state index contributed by atoms with van der Waals surface area (Å²) < 4.78 is 0. The van der Waals surface area contributed by atoms with Crippen LogP contribution in [0.1, 0.15) is 12.5 Å². The monoisotopic (exact) mass is 165 g/mol. The summed E-state index contributed by atoms with van der Waals surface area (Å²) in [4.78, 5) is 0. The Morgan fingerprint density at radius 3 is 2.58 bits per heavy atom. The molecule has 0 saturated carbocycles. The van der Waals surface area contributed by atoms with E-state index in [9.17, 15) is 0 Å². The molecule has 4 N–H and O–H groups in total. The van der Waals surface area contributed by atoms with Gasteiger partial charge in [0.25, 0.3) is 0 Å². The summed E-state index contributed by atoms with van der Waals surface area (Å²) in [5.41, 5.74) is 7.75. The molecule has 3 heteroatoms. The van der Waals surface area contributed by atoms with Crippen molar-refractivity contribution in [2.24, 2.45) is 11.6 Å². The molecule has 66 valence electrons. The molecule has 1 rings (SSSR count). The highest BCUT2D eigenvalue weighted by atomic mass is 15.4. The molecule has 0 aliphatic rings. The highest BCUT2D eigenvalue weighted by Crippen LogP contribution is 2.13. The molecule has 0 aliphatic carbocycles. The van der Waals surface area contributed by atoms with E-state index >= 15 is 0 Å². The van der Waals surface area contributed by atoms with Gasteiger partial charge in [-0.25, -0.2) is 5.84 Å². The van der Waals surface area contributed by atoms with Crippen molar-refractivity contribution in [3.05, 3.63) is 29.8 Å². The van der Waals surface area contributed by atoms with E-state index in [2.05, 4.69) is 0 Å². The van der Waals surface area contributed by atoms with E-state index in [1.807, 2.05) is 38.1 Å². The second kappa shape index (κ2) is 3.56. The molecule has 0 amide bonds. The zero-order chi connectivity index (χ0) is 9.14. The lowest BCUT2D eigenvalue weighted by Crippen LogP contribution is -2.44. The van der Waals surface area contributed by atoms with Crippen LogP contribution in [0, 0.1) is 6.92 Å². The topological polar surface area (TPSA) is 55.3 Å². The summed E-state index contributed by atoms with van der Waals surface area (Å²) in [7, 11) is 0. The van der Waals surface area contributed by atoms with Gasteiger partial charge >= 0.3 is 0 Å². The van der Waals surface area contributed by atoms with Crippen molar-refractivity contribution in [2.75, 3.05) is 5.01 Å². The Hall–Kier alpha value is -1.06. The molecule has 12 heavy (non-hydrogen) atoms. The van der Waals surface area contributed by atoms with Crippen molar-refractivity contribution < 1.29 is 0 Å². The zero-order valence-electron chi connectivity index (χ0n) is 7.49. The molecule has 1 aromatic rings. The van der Waals surface area contributed by atoms with Crippen molar-refractivity contribution in [1.82, 2.24) is 0 Å². The fourth-order valence-electron chi connectivity index (χ4n) is 1.02. The van der Waals surface area contributed by atoms with E-state index in [0.717, 1.165) is 5.69 Å². The number of anilines is 1.